The number of aromatic amines is 1. The van der Waals surface area contributed by atoms with Gasteiger partial charge in [-0.1, -0.05) is 11.6 Å². The van der Waals surface area contributed by atoms with Crippen LogP contribution >= 0.6 is 11.6 Å². The standard InChI is InChI=1S/C18H16ClN3O5S/c1-26-15-7-4-12(19)10-14(15)22-28(24,25)17-9-11(3-6-16(17)27-2)13-5-8-18(23)21-20-13/h3-10,22H,1-2H3,(H,21,23). The predicted molar refractivity (Wildman–Crippen MR) is 106 cm³/mol. The monoisotopic (exact) mass is 421 g/mol. The van der Waals surface area contributed by atoms with E-state index < -0.39 is 10.0 Å². The molecule has 0 aliphatic carbocycles. The molecule has 28 heavy (non-hydrogen) atoms. The highest BCUT2D eigenvalue weighted by molar-refractivity contribution is 7.92. The highest BCUT2D eigenvalue weighted by Gasteiger charge is 2.22. The van der Waals surface area contributed by atoms with Crippen LogP contribution in [0.4, 0.5) is 5.69 Å². The van der Waals surface area contributed by atoms with E-state index in [9.17, 15) is 13.2 Å². The van der Waals surface area contributed by atoms with Crippen LogP contribution in [0.1, 0.15) is 0 Å². The van der Waals surface area contributed by atoms with E-state index in [1.807, 2.05) is 0 Å². The number of nitrogens with one attached hydrogen (secondary N) is 2. The Labute approximate surface area is 166 Å². The van der Waals surface area contributed by atoms with Crippen molar-refractivity contribution in [2.75, 3.05) is 18.9 Å². The fourth-order valence-corrected chi connectivity index (χ4v) is 3.94. The van der Waals surface area contributed by atoms with Crippen LogP contribution in [0.25, 0.3) is 11.3 Å². The average Bonchev–Trinajstić information content (AvgIpc) is 2.68. The third-order valence-corrected chi connectivity index (χ3v) is 5.46. The molecule has 0 spiro atoms. The van der Waals surface area contributed by atoms with Gasteiger partial charge in [0.05, 0.1) is 25.6 Å². The van der Waals surface area contributed by atoms with Gasteiger partial charge in [-0.15, -0.1) is 0 Å². The summed E-state index contributed by atoms with van der Waals surface area (Å²) in [4.78, 5) is 11.1. The van der Waals surface area contributed by atoms with E-state index in [0.29, 0.717) is 22.0 Å². The summed E-state index contributed by atoms with van der Waals surface area (Å²) in [6.07, 6.45) is 0. The highest BCUT2D eigenvalue weighted by atomic mass is 35.5. The topological polar surface area (TPSA) is 110 Å². The van der Waals surface area contributed by atoms with Gasteiger partial charge in [0.25, 0.3) is 15.6 Å². The Morgan fingerprint density at radius 1 is 1.00 bits per heavy atom. The van der Waals surface area contributed by atoms with Gasteiger partial charge in [0.15, 0.2) is 0 Å². The molecule has 0 bridgehead atoms. The minimum atomic E-state index is -4.06. The number of methoxy groups -OCH3 is 2. The molecule has 1 heterocycles. The van der Waals surface area contributed by atoms with Gasteiger partial charge in [-0.2, -0.15) is 5.10 Å². The van der Waals surface area contributed by atoms with E-state index in [2.05, 4.69) is 14.9 Å². The van der Waals surface area contributed by atoms with Crippen molar-refractivity contribution in [1.82, 2.24) is 10.2 Å². The maximum absolute atomic E-state index is 13.0. The van der Waals surface area contributed by atoms with Crippen LogP contribution < -0.4 is 19.8 Å². The second-order valence-corrected chi connectivity index (χ2v) is 7.71. The van der Waals surface area contributed by atoms with E-state index in [1.54, 1.807) is 18.2 Å². The molecule has 2 aromatic carbocycles. The molecule has 0 atom stereocenters. The minimum absolute atomic E-state index is 0.109. The molecule has 0 amide bonds. The molecule has 0 aliphatic rings. The van der Waals surface area contributed by atoms with Gasteiger partial charge in [0, 0.05) is 16.7 Å². The molecule has 10 heteroatoms. The van der Waals surface area contributed by atoms with Crippen molar-refractivity contribution in [2.45, 2.75) is 4.90 Å². The van der Waals surface area contributed by atoms with Gasteiger partial charge in [-0.25, -0.2) is 13.5 Å². The zero-order valence-corrected chi connectivity index (χ0v) is 16.5. The quantitative estimate of drug-likeness (QED) is 0.633. The Kier molecular flexibility index (Phi) is 5.57. The average molecular weight is 422 g/mol. The SMILES string of the molecule is COc1ccc(Cl)cc1NS(=O)(=O)c1cc(-c2ccc(=O)[nH]n2)ccc1OC. The van der Waals surface area contributed by atoms with E-state index >= 15 is 0 Å². The summed E-state index contributed by atoms with van der Waals surface area (Å²) < 4.78 is 38.9. The first-order valence-corrected chi connectivity index (χ1v) is 9.80. The van der Waals surface area contributed by atoms with Crippen LogP contribution in [0.2, 0.25) is 5.02 Å². The lowest BCUT2D eigenvalue weighted by atomic mass is 10.1. The van der Waals surface area contributed by atoms with E-state index in [-0.39, 0.29) is 21.9 Å². The van der Waals surface area contributed by atoms with E-state index in [4.69, 9.17) is 21.1 Å². The number of halogens is 1. The van der Waals surface area contributed by atoms with Crippen molar-refractivity contribution in [2.24, 2.45) is 0 Å². The third kappa shape index (κ3) is 4.10. The molecule has 3 rings (SSSR count). The van der Waals surface area contributed by atoms with Gasteiger partial charge in [0.1, 0.15) is 16.4 Å². The van der Waals surface area contributed by atoms with Gasteiger partial charge >= 0.3 is 0 Å². The van der Waals surface area contributed by atoms with E-state index in [1.165, 1.54) is 44.6 Å². The predicted octanol–water partition coefficient (Wildman–Crippen LogP) is 2.91. The van der Waals surface area contributed by atoms with Gasteiger partial charge in [-0.3, -0.25) is 9.52 Å². The number of ether oxygens (including phenoxy) is 2. The fourth-order valence-electron chi connectivity index (χ4n) is 2.51. The molecular weight excluding hydrogens is 406 g/mol. The molecule has 0 saturated carbocycles. The first-order valence-electron chi connectivity index (χ1n) is 7.94. The Hall–Kier alpha value is -3.04. The minimum Gasteiger partial charge on any atom is -0.495 e. The second-order valence-electron chi connectivity index (χ2n) is 5.62. The number of anilines is 1. The number of sulfonamides is 1. The van der Waals surface area contributed by atoms with Crippen LogP contribution in [-0.2, 0) is 10.0 Å². The highest BCUT2D eigenvalue weighted by Crippen LogP contribution is 2.33. The number of H-pyrrole nitrogens is 1. The molecule has 0 fully saturated rings. The van der Waals surface area contributed by atoms with Crippen molar-refractivity contribution in [1.29, 1.82) is 0 Å². The second kappa shape index (κ2) is 7.91. The summed E-state index contributed by atoms with van der Waals surface area (Å²) in [6, 6.07) is 11.9. The lowest BCUT2D eigenvalue weighted by Gasteiger charge is -2.15. The largest absolute Gasteiger partial charge is 0.495 e. The van der Waals surface area contributed by atoms with Crippen molar-refractivity contribution in [3.05, 3.63) is 63.9 Å². The molecule has 0 unspecified atom stereocenters. The zero-order valence-electron chi connectivity index (χ0n) is 14.9. The summed E-state index contributed by atoms with van der Waals surface area (Å²) in [5.41, 5.74) is 0.707. The number of aromatic nitrogens is 2. The molecule has 8 nitrogen and oxygen atoms in total. The number of hydrogen-bond donors (Lipinski definition) is 2. The van der Waals surface area contributed by atoms with Crippen LogP contribution in [0, 0.1) is 0 Å². The zero-order chi connectivity index (χ0) is 20.3. The Bertz CT molecular complexity index is 1160. The Balaban J connectivity index is 2.08. The Morgan fingerprint density at radius 3 is 2.36 bits per heavy atom. The summed E-state index contributed by atoms with van der Waals surface area (Å²) in [6.45, 7) is 0. The normalized spacial score (nSPS) is 11.1. The van der Waals surface area contributed by atoms with E-state index in [0.717, 1.165) is 0 Å². The van der Waals surface area contributed by atoms with Gasteiger partial charge in [0.2, 0.25) is 0 Å². The molecule has 1 aromatic heterocycles. The summed E-state index contributed by atoms with van der Waals surface area (Å²) >= 11 is 5.97. The molecule has 0 saturated heterocycles. The maximum Gasteiger partial charge on any atom is 0.265 e. The number of nitrogens with zero attached hydrogens (tertiary/aromatic N) is 1. The lowest BCUT2D eigenvalue weighted by molar-refractivity contribution is 0.403. The lowest BCUT2D eigenvalue weighted by Crippen LogP contribution is -2.15. The summed E-state index contributed by atoms with van der Waals surface area (Å²) in [5.74, 6) is 0.451. The van der Waals surface area contributed by atoms with Crippen molar-refractivity contribution in [3.8, 4) is 22.8 Å². The number of hydrogen-bond acceptors (Lipinski definition) is 6. The number of rotatable bonds is 6. The summed E-state index contributed by atoms with van der Waals surface area (Å²) in [5, 5.41) is 6.58. The molecule has 146 valence electrons. The van der Waals surface area contributed by atoms with Gasteiger partial charge in [-0.05, 0) is 42.5 Å². The summed E-state index contributed by atoms with van der Waals surface area (Å²) in [7, 11) is -1.27. The molecule has 2 N–H and O–H groups in total. The molecule has 0 radical (unpaired) electrons. The van der Waals surface area contributed by atoms with Crippen LogP contribution in [0.5, 0.6) is 11.5 Å². The van der Waals surface area contributed by atoms with Crippen LogP contribution in [-0.4, -0.2) is 32.8 Å². The van der Waals surface area contributed by atoms with Crippen LogP contribution in [0.15, 0.2) is 58.2 Å². The Morgan fingerprint density at radius 2 is 1.71 bits per heavy atom. The first-order chi connectivity index (χ1) is 13.3. The number of benzene rings is 2. The molecular formula is C18H16ClN3O5S. The molecule has 3 aromatic rings. The van der Waals surface area contributed by atoms with Gasteiger partial charge < -0.3 is 9.47 Å². The maximum atomic E-state index is 13.0. The van der Waals surface area contributed by atoms with Crippen LogP contribution in [0.3, 0.4) is 0 Å². The van der Waals surface area contributed by atoms with Crippen molar-refractivity contribution < 1.29 is 17.9 Å². The first kappa shape index (κ1) is 19.7. The van der Waals surface area contributed by atoms with Crippen molar-refractivity contribution in [3.63, 3.8) is 0 Å². The smallest absolute Gasteiger partial charge is 0.265 e. The third-order valence-electron chi connectivity index (χ3n) is 3.83. The fraction of sp³-hybridized carbons (Fsp3) is 0.111. The molecule has 0 aliphatic heterocycles. The van der Waals surface area contributed by atoms with Crippen molar-refractivity contribution >= 4 is 27.3 Å².